The van der Waals surface area contributed by atoms with Crippen LogP contribution in [-0.4, -0.2) is 43.5 Å². The van der Waals surface area contributed by atoms with Crippen LogP contribution in [0.5, 0.6) is 0 Å². The predicted octanol–water partition coefficient (Wildman–Crippen LogP) is 0.782. The topological polar surface area (TPSA) is 77.8 Å². The Hall–Kier alpha value is -1.34. The molecular formula is C9H11NO4S2. The fourth-order valence-corrected chi connectivity index (χ4v) is 1.55. The number of carbonyl (C=O) groups is 2. The Kier molecular flexibility index (Phi) is 5.76. The Morgan fingerprint density at radius 3 is 1.62 bits per heavy atom. The van der Waals surface area contributed by atoms with E-state index in [9.17, 15) is 9.59 Å². The molecule has 0 saturated heterocycles. The zero-order chi connectivity index (χ0) is 12.9. The van der Waals surface area contributed by atoms with Gasteiger partial charge in [0.05, 0.1) is 0 Å². The molecule has 0 heterocycles. The third-order valence-corrected chi connectivity index (χ3v) is 2.21. The minimum atomic E-state index is -1.26. The zero-order valence-electron chi connectivity index (χ0n) is 8.24. The van der Waals surface area contributed by atoms with Gasteiger partial charge in [-0.25, -0.2) is 9.59 Å². The normalized spacial score (nSPS) is 13.3. The Bertz CT molecular complexity index is 316. The number of thiocarbonyl (C=S) groups is 1. The van der Waals surface area contributed by atoms with E-state index in [-0.39, 0.29) is 4.32 Å². The lowest BCUT2D eigenvalue weighted by molar-refractivity contribution is -0.144. The van der Waals surface area contributed by atoms with Crippen molar-refractivity contribution >= 4 is 41.1 Å². The summed E-state index contributed by atoms with van der Waals surface area (Å²) in [7, 11) is 0. The Morgan fingerprint density at radius 2 is 1.50 bits per heavy atom. The molecule has 7 heteroatoms. The van der Waals surface area contributed by atoms with Gasteiger partial charge in [0.15, 0.2) is 0 Å². The fraction of sp³-hybridized carbons (Fsp3) is 0.222. The first-order valence-corrected chi connectivity index (χ1v) is 4.94. The monoisotopic (exact) mass is 261 g/mol. The molecule has 0 aliphatic carbocycles. The number of rotatable bonds is 6. The summed E-state index contributed by atoms with van der Waals surface area (Å²) in [5.41, 5.74) is 0. The van der Waals surface area contributed by atoms with Crippen LogP contribution in [0.25, 0.3) is 0 Å². The molecule has 0 saturated carbocycles. The van der Waals surface area contributed by atoms with Crippen molar-refractivity contribution in [1.82, 2.24) is 4.90 Å². The molecule has 5 nitrogen and oxygen atoms in total. The van der Waals surface area contributed by atoms with Crippen LogP contribution in [0.4, 0.5) is 0 Å². The van der Waals surface area contributed by atoms with E-state index < -0.39 is 24.0 Å². The summed E-state index contributed by atoms with van der Waals surface area (Å²) in [5.74, 6) is -2.53. The third-order valence-electron chi connectivity index (χ3n) is 1.77. The molecule has 0 aliphatic rings. The summed E-state index contributed by atoms with van der Waals surface area (Å²) < 4.78 is -0.153. The number of thiol groups is 1. The minimum Gasteiger partial charge on any atom is -0.479 e. The van der Waals surface area contributed by atoms with Gasteiger partial charge in [-0.3, -0.25) is 0 Å². The van der Waals surface area contributed by atoms with E-state index in [0.717, 1.165) is 17.1 Å². The van der Waals surface area contributed by atoms with Gasteiger partial charge < -0.3 is 15.1 Å². The number of aliphatic carboxylic acids is 2. The fourth-order valence-electron chi connectivity index (χ4n) is 1.08. The van der Waals surface area contributed by atoms with E-state index in [0.29, 0.717) is 0 Å². The zero-order valence-corrected chi connectivity index (χ0v) is 9.95. The van der Waals surface area contributed by atoms with E-state index >= 15 is 0 Å². The largest absolute Gasteiger partial charge is 0.479 e. The molecule has 16 heavy (non-hydrogen) atoms. The van der Waals surface area contributed by atoms with Gasteiger partial charge in [0, 0.05) is 0 Å². The second-order valence-corrected chi connectivity index (χ2v) is 3.84. The number of hydrogen-bond donors (Lipinski definition) is 3. The van der Waals surface area contributed by atoms with E-state index in [4.69, 9.17) is 22.4 Å². The van der Waals surface area contributed by atoms with Gasteiger partial charge in [-0.05, 0) is 0 Å². The summed E-state index contributed by atoms with van der Waals surface area (Å²) in [6.45, 7) is 6.64. The van der Waals surface area contributed by atoms with Crippen LogP contribution in [-0.2, 0) is 9.59 Å². The lowest BCUT2D eigenvalue weighted by Crippen LogP contribution is -2.50. The van der Waals surface area contributed by atoms with Crippen LogP contribution in [0, 0.1) is 0 Å². The Balaban J connectivity index is 5.34. The van der Waals surface area contributed by atoms with Gasteiger partial charge in [0.25, 0.3) is 0 Å². The molecule has 0 fully saturated rings. The SMILES string of the molecule is C=CC(C(=O)O)N(C(=S)S)C(C=C)C(=O)O. The second-order valence-electron chi connectivity index (χ2n) is 2.73. The van der Waals surface area contributed by atoms with Gasteiger partial charge in [-0.15, -0.1) is 25.8 Å². The molecule has 0 spiro atoms. The van der Waals surface area contributed by atoms with Crippen molar-refractivity contribution in [2.75, 3.05) is 0 Å². The summed E-state index contributed by atoms with van der Waals surface area (Å²) >= 11 is 8.51. The summed E-state index contributed by atoms with van der Waals surface area (Å²) in [4.78, 5) is 22.7. The van der Waals surface area contributed by atoms with Gasteiger partial charge in [0.1, 0.15) is 16.4 Å². The predicted molar refractivity (Wildman–Crippen MR) is 66.7 cm³/mol. The van der Waals surface area contributed by atoms with Crippen LogP contribution in [0.3, 0.4) is 0 Å². The van der Waals surface area contributed by atoms with E-state index in [2.05, 4.69) is 25.8 Å². The number of carboxylic acid groups (broad SMARTS) is 2. The maximum absolute atomic E-state index is 10.9. The summed E-state index contributed by atoms with van der Waals surface area (Å²) in [6.07, 6.45) is 2.15. The van der Waals surface area contributed by atoms with Crippen molar-refractivity contribution in [3.63, 3.8) is 0 Å². The average Bonchev–Trinajstić information content (AvgIpc) is 2.16. The number of nitrogens with zero attached hydrogens (tertiary/aromatic N) is 1. The first-order chi connectivity index (χ1) is 7.36. The smallest absolute Gasteiger partial charge is 0.330 e. The van der Waals surface area contributed by atoms with Crippen LogP contribution in [0.1, 0.15) is 0 Å². The average molecular weight is 261 g/mol. The lowest BCUT2D eigenvalue weighted by Gasteiger charge is -2.30. The number of hydrogen-bond acceptors (Lipinski definition) is 3. The van der Waals surface area contributed by atoms with Gasteiger partial charge >= 0.3 is 11.9 Å². The van der Waals surface area contributed by atoms with E-state index in [1.54, 1.807) is 0 Å². The van der Waals surface area contributed by atoms with Gasteiger partial charge in [-0.1, -0.05) is 24.4 Å². The van der Waals surface area contributed by atoms with Crippen LogP contribution >= 0.6 is 24.8 Å². The highest BCUT2D eigenvalue weighted by Gasteiger charge is 2.32. The van der Waals surface area contributed by atoms with Crippen molar-refractivity contribution in [2.45, 2.75) is 12.1 Å². The highest BCUT2D eigenvalue weighted by molar-refractivity contribution is 8.10. The van der Waals surface area contributed by atoms with Crippen LogP contribution in [0.15, 0.2) is 25.3 Å². The van der Waals surface area contributed by atoms with Crippen molar-refractivity contribution in [3.05, 3.63) is 25.3 Å². The van der Waals surface area contributed by atoms with Crippen molar-refractivity contribution in [3.8, 4) is 0 Å². The van der Waals surface area contributed by atoms with Crippen molar-refractivity contribution < 1.29 is 19.8 Å². The molecule has 0 rings (SSSR count). The quantitative estimate of drug-likeness (QED) is 0.372. The highest BCUT2D eigenvalue weighted by atomic mass is 32.1. The lowest BCUT2D eigenvalue weighted by atomic mass is 10.2. The third kappa shape index (κ3) is 3.35. The molecule has 2 unspecified atom stereocenters. The highest BCUT2D eigenvalue weighted by Crippen LogP contribution is 2.13. The Labute approximate surface area is 103 Å². The minimum absolute atomic E-state index is 0.153. The maximum atomic E-state index is 10.9. The molecule has 0 aromatic rings. The van der Waals surface area contributed by atoms with Crippen LogP contribution < -0.4 is 0 Å². The molecule has 0 radical (unpaired) electrons. The molecule has 0 amide bonds. The van der Waals surface area contributed by atoms with Gasteiger partial charge in [0.2, 0.25) is 0 Å². The summed E-state index contributed by atoms with van der Waals surface area (Å²) in [6, 6.07) is -2.52. The van der Waals surface area contributed by atoms with Gasteiger partial charge in [-0.2, -0.15) is 0 Å². The summed E-state index contributed by atoms with van der Waals surface area (Å²) in [5, 5.41) is 17.8. The second kappa shape index (κ2) is 6.29. The molecule has 0 aliphatic heterocycles. The molecule has 2 N–H and O–H groups in total. The first kappa shape index (κ1) is 14.7. The first-order valence-electron chi connectivity index (χ1n) is 4.08. The Morgan fingerprint density at radius 1 is 1.19 bits per heavy atom. The van der Waals surface area contributed by atoms with Crippen molar-refractivity contribution in [1.29, 1.82) is 0 Å². The molecule has 2 atom stereocenters. The standard InChI is InChI=1S/C9H11NO4S2/c1-3-5(7(11)12)10(9(15)16)6(4-2)8(13)14/h3-6H,1-2H2,(H,11,12)(H,13,14)(H,15,16). The van der Waals surface area contributed by atoms with E-state index in [1.165, 1.54) is 0 Å². The van der Waals surface area contributed by atoms with E-state index in [1.807, 2.05) is 0 Å². The van der Waals surface area contributed by atoms with Crippen molar-refractivity contribution in [2.24, 2.45) is 0 Å². The molecule has 88 valence electrons. The van der Waals surface area contributed by atoms with Crippen LogP contribution in [0.2, 0.25) is 0 Å². The molecular weight excluding hydrogens is 250 g/mol. The molecule has 0 aromatic heterocycles. The maximum Gasteiger partial charge on any atom is 0.330 e. The molecule has 0 aromatic carbocycles. The number of carboxylic acids is 2. The molecule has 0 bridgehead atoms.